The lowest BCUT2D eigenvalue weighted by molar-refractivity contribution is -0.140. The van der Waals surface area contributed by atoms with Gasteiger partial charge in [-0.2, -0.15) is 13.2 Å². The first-order valence-electron chi connectivity index (χ1n) is 10.6. The highest BCUT2D eigenvalue weighted by Gasteiger charge is 2.37. The lowest BCUT2D eigenvalue weighted by atomic mass is 9.93. The Morgan fingerprint density at radius 2 is 1.97 bits per heavy atom. The fourth-order valence-corrected chi connectivity index (χ4v) is 5.11. The third-order valence-electron chi connectivity index (χ3n) is 6.09. The number of pyridine rings is 2. The molecule has 0 spiro atoms. The molecule has 2 aliphatic rings. The number of halogens is 4. The number of nitrogens with zero attached hydrogens (tertiary/aromatic N) is 3. The molecule has 0 amide bonds. The van der Waals surface area contributed by atoms with Gasteiger partial charge in [-0.05, 0) is 49.4 Å². The van der Waals surface area contributed by atoms with Gasteiger partial charge in [-0.25, -0.2) is 9.37 Å². The maximum Gasteiger partial charge on any atom is 0.434 e. The molecule has 2 fully saturated rings. The van der Waals surface area contributed by atoms with E-state index in [1.54, 1.807) is 6.92 Å². The summed E-state index contributed by atoms with van der Waals surface area (Å²) in [4.78, 5) is 7.93. The molecule has 170 valence electrons. The minimum atomic E-state index is -4.73. The molecular formula is C22H22F4N4OS. The monoisotopic (exact) mass is 466 g/mol. The van der Waals surface area contributed by atoms with E-state index >= 15 is 4.39 Å². The van der Waals surface area contributed by atoms with Crippen LogP contribution < -0.4 is 4.72 Å². The van der Waals surface area contributed by atoms with E-state index in [4.69, 9.17) is 0 Å². The summed E-state index contributed by atoms with van der Waals surface area (Å²) < 4.78 is 73.0. The summed E-state index contributed by atoms with van der Waals surface area (Å²) in [6.07, 6.45) is 3.01. The van der Waals surface area contributed by atoms with E-state index < -0.39 is 29.0 Å². The van der Waals surface area contributed by atoms with Crippen molar-refractivity contribution in [2.75, 3.05) is 0 Å². The molecule has 0 aliphatic heterocycles. The Morgan fingerprint density at radius 1 is 1.22 bits per heavy atom. The molecule has 1 atom stereocenters. The normalized spacial score (nSPS) is 18.2. The molecular weight excluding hydrogens is 444 g/mol. The number of rotatable bonds is 6. The number of nitrogens with one attached hydrogen (secondary N) is 1. The molecule has 1 N–H and O–H groups in total. The minimum absolute atomic E-state index is 0.158. The van der Waals surface area contributed by atoms with Crippen molar-refractivity contribution in [1.82, 2.24) is 19.3 Å². The number of fused-ring (bicyclic) bond motifs is 1. The van der Waals surface area contributed by atoms with Crippen LogP contribution in [-0.2, 0) is 24.1 Å². The second kappa shape index (κ2) is 8.00. The molecule has 5 rings (SSSR count). The van der Waals surface area contributed by atoms with Crippen LogP contribution in [0.1, 0.15) is 55.0 Å². The van der Waals surface area contributed by atoms with Gasteiger partial charge in [-0.15, -0.1) is 4.72 Å². The highest BCUT2D eigenvalue weighted by Crippen LogP contribution is 2.40. The molecule has 3 aromatic rings. The number of aryl methyl sites for hydroxylation is 1. The Labute approximate surface area is 185 Å². The summed E-state index contributed by atoms with van der Waals surface area (Å²) >= 11 is -1.16. The third-order valence-corrected chi connectivity index (χ3v) is 7.60. The van der Waals surface area contributed by atoms with Gasteiger partial charge in [0.2, 0.25) is 0 Å². The summed E-state index contributed by atoms with van der Waals surface area (Å²) in [5.74, 6) is -0.841. The van der Waals surface area contributed by atoms with Crippen molar-refractivity contribution in [3.63, 3.8) is 0 Å². The Hall–Kier alpha value is -2.17. The van der Waals surface area contributed by atoms with Crippen LogP contribution in [0, 0.1) is 12.7 Å². The van der Waals surface area contributed by atoms with Gasteiger partial charge in [0.15, 0.2) is 5.69 Å². The molecule has 0 aromatic carbocycles. The lowest BCUT2D eigenvalue weighted by Crippen LogP contribution is -2.26. The smallest absolute Gasteiger partial charge is 0.434 e. The van der Waals surface area contributed by atoms with Gasteiger partial charge >= 0.3 is 6.18 Å². The van der Waals surface area contributed by atoms with Crippen molar-refractivity contribution in [1.29, 1.82) is 0 Å². The first kappa shape index (κ1) is 21.7. The Bertz CT molecular complexity index is 1170. The SMILES string of the molecule is Cc1cnc(C(F)(F)F)c(-c2nc3c(cc2F)c(CN[S+]([O-])C2CC2)cn3C2CCC2)c1. The molecule has 2 saturated carbocycles. The maximum atomic E-state index is 15.2. The van der Waals surface area contributed by atoms with Crippen LogP contribution in [0.2, 0.25) is 0 Å². The van der Waals surface area contributed by atoms with Crippen molar-refractivity contribution in [2.45, 2.75) is 63.0 Å². The Kier molecular flexibility index (Phi) is 5.42. The standard InChI is InChI=1S/C22H22F4N4OS/c1-12-7-17(20(27-9-12)22(24,25)26)19-18(23)8-16-13(10-28-32(31)15-5-6-15)11-30(21(16)29-19)14-3-2-4-14/h7-9,11,14-15,28H,2-6,10H2,1H3. The van der Waals surface area contributed by atoms with Crippen LogP contribution in [-0.4, -0.2) is 24.3 Å². The fraction of sp³-hybridized carbons (Fsp3) is 0.455. The molecule has 0 saturated heterocycles. The molecule has 5 nitrogen and oxygen atoms in total. The van der Waals surface area contributed by atoms with Gasteiger partial charge in [0.05, 0.1) is 6.54 Å². The highest BCUT2D eigenvalue weighted by molar-refractivity contribution is 7.90. The van der Waals surface area contributed by atoms with Crippen molar-refractivity contribution in [3.05, 3.63) is 47.2 Å². The average molecular weight is 467 g/mol. The fourth-order valence-electron chi connectivity index (χ4n) is 4.01. The van der Waals surface area contributed by atoms with Gasteiger partial charge < -0.3 is 9.12 Å². The van der Waals surface area contributed by atoms with Crippen molar-refractivity contribution in [2.24, 2.45) is 0 Å². The molecule has 10 heteroatoms. The zero-order valence-electron chi connectivity index (χ0n) is 17.4. The largest absolute Gasteiger partial charge is 0.598 e. The van der Waals surface area contributed by atoms with Crippen LogP contribution in [0.5, 0.6) is 0 Å². The Balaban J connectivity index is 1.62. The summed E-state index contributed by atoms with van der Waals surface area (Å²) in [5.41, 5.74) is -0.228. The van der Waals surface area contributed by atoms with Gasteiger partial charge in [0.25, 0.3) is 0 Å². The van der Waals surface area contributed by atoms with Gasteiger partial charge in [-0.3, -0.25) is 4.98 Å². The molecule has 0 bridgehead atoms. The van der Waals surface area contributed by atoms with Crippen molar-refractivity contribution < 1.29 is 22.1 Å². The summed E-state index contributed by atoms with van der Waals surface area (Å²) in [7, 11) is 0. The van der Waals surface area contributed by atoms with Crippen LogP contribution in [0.25, 0.3) is 22.3 Å². The summed E-state index contributed by atoms with van der Waals surface area (Å²) in [5, 5.41) is 0.679. The van der Waals surface area contributed by atoms with E-state index in [0.717, 1.165) is 43.9 Å². The molecule has 2 aliphatic carbocycles. The third kappa shape index (κ3) is 3.99. The predicted octanol–water partition coefficient (Wildman–Crippen LogP) is 5.21. The van der Waals surface area contributed by atoms with E-state index in [0.29, 0.717) is 16.6 Å². The van der Waals surface area contributed by atoms with E-state index in [9.17, 15) is 17.7 Å². The minimum Gasteiger partial charge on any atom is -0.598 e. The first-order chi connectivity index (χ1) is 15.2. The zero-order valence-corrected chi connectivity index (χ0v) is 18.2. The van der Waals surface area contributed by atoms with Crippen molar-refractivity contribution in [3.8, 4) is 11.3 Å². The highest BCUT2D eigenvalue weighted by atomic mass is 32.2. The quantitative estimate of drug-likeness (QED) is 0.400. The van der Waals surface area contributed by atoms with Crippen LogP contribution in [0.4, 0.5) is 17.6 Å². The molecule has 1 unspecified atom stereocenters. The topological polar surface area (TPSA) is 65.8 Å². The van der Waals surface area contributed by atoms with Crippen LogP contribution in [0.3, 0.4) is 0 Å². The maximum absolute atomic E-state index is 15.2. The van der Waals surface area contributed by atoms with Crippen LogP contribution in [0.15, 0.2) is 24.5 Å². The summed E-state index contributed by atoms with van der Waals surface area (Å²) in [6, 6.07) is 2.68. The predicted molar refractivity (Wildman–Crippen MR) is 114 cm³/mol. The number of alkyl halides is 3. The lowest BCUT2D eigenvalue weighted by Gasteiger charge is -2.27. The van der Waals surface area contributed by atoms with Gasteiger partial charge in [0, 0.05) is 53.6 Å². The first-order valence-corrected chi connectivity index (χ1v) is 11.8. The Morgan fingerprint density at radius 3 is 2.59 bits per heavy atom. The van der Waals surface area contributed by atoms with E-state index in [1.807, 2.05) is 10.8 Å². The molecule has 0 radical (unpaired) electrons. The van der Waals surface area contributed by atoms with E-state index in [1.165, 1.54) is 12.1 Å². The molecule has 3 aromatic heterocycles. The number of hydrogen-bond acceptors (Lipinski definition) is 4. The molecule has 3 heterocycles. The number of aromatic nitrogens is 3. The number of hydrogen-bond donors (Lipinski definition) is 1. The zero-order chi connectivity index (χ0) is 22.6. The van der Waals surface area contributed by atoms with E-state index in [-0.39, 0.29) is 29.1 Å². The van der Waals surface area contributed by atoms with E-state index in [2.05, 4.69) is 14.7 Å². The second-order valence-corrected chi connectivity index (χ2v) is 10.1. The molecule has 32 heavy (non-hydrogen) atoms. The van der Waals surface area contributed by atoms with Crippen molar-refractivity contribution >= 4 is 22.4 Å². The van der Waals surface area contributed by atoms with Gasteiger partial charge in [-0.1, -0.05) is 0 Å². The van der Waals surface area contributed by atoms with Crippen LogP contribution >= 0.6 is 0 Å². The summed E-state index contributed by atoms with van der Waals surface area (Å²) in [6.45, 7) is 1.88. The second-order valence-electron chi connectivity index (χ2n) is 8.56. The van der Waals surface area contributed by atoms with Gasteiger partial charge in [0.1, 0.15) is 22.4 Å². The average Bonchev–Trinajstić information content (AvgIpc) is 3.48.